The second kappa shape index (κ2) is 7.30. The number of benzene rings is 1. The minimum absolute atomic E-state index is 0.0297. The number of carbonyl (C=O) groups is 1. The Bertz CT molecular complexity index is 1160. The third kappa shape index (κ3) is 3.18. The van der Waals surface area contributed by atoms with Gasteiger partial charge in [-0.1, -0.05) is 12.1 Å². The monoisotopic (exact) mass is 406 g/mol. The molecule has 2 aliphatic heterocycles. The summed E-state index contributed by atoms with van der Waals surface area (Å²) in [6.45, 7) is 2.43. The summed E-state index contributed by atoms with van der Waals surface area (Å²) in [6, 6.07) is 10.7. The van der Waals surface area contributed by atoms with Gasteiger partial charge in [-0.25, -0.2) is 9.97 Å². The van der Waals surface area contributed by atoms with E-state index in [-0.39, 0.29) is 11.5 Å². The van der Waals surface area contributed by atoms with Gasteiger partial charge in [0.1, 0.15) is 11.2 Å². The number of piperidine rings is 1. The molecule has 8 nitrogen and oxygen atoms in total. The maximum absolute atomic E-state index is 12.9. The molecule has 1 amide bonds. The van der Waals surface area contributed by atoms with E-state index in [2.05, 4.69) is 9.97 Å². The van der Waals surface area contributed by atoms with Gasteiger partial charge in [0.25, 0.3) is 11.5 Å². The molecule has 0 radical (unpaired) electrons. The number of rotatable bonds is 2. The van der Waals surface area contributed by atoms with E-state index in [4.69, 9.17) is 9.47 Å². The van der Waals surface area contributed by atoms with Crippen molar-refractivity contribution in [2.24, 2.45) is 7.05 Å². The van der Waals surface area contributed by atoms with Crippen LogP contribution in [0.3, 0.4) is 0 Å². The van der Waals surface area contributed by atoms with Gasteiger partial charge in [-0.2, -0.15) is 0 Å². The summed E-state index contributed by atoms with van der Waals surface area (Å²) in [5, 5.41) is 0. The summed E-state index contributed by atoms with van der Waals surface area (Å²) in [6.07, 6.45) is 3.00. The summed E-state index contributed by atoms with van der Waals surface area (Å²) in [5.74, 6) is -0.532. The zero-order valence-corrected chi connectivity index (χ0v) is 16.7. The Hall–Kier alpha value is -3.10. The van der Waals surface area contributed by atoms with E-state index in [0.29, 0.717) is 67.1 Å². The van der Waals surface area contributed by atoms with Crippen molar-refractivity contribution < 1.29 is 14.3 Å². The molecule has 0 saturated carbocycles. The van der Waals surface area contributed by atoms with Crippen LogP contribution in [0, 0.1) is 0 Å². The first-order chi connectivity index (χ1) is 14.6. The number of hydrogen-bond donors (Lipinski definition) is 0. The smallest absolute Gasteiger partial charge is 0.278 e. The summed E-state index contributed by atoms with van der Waals surface area (Å²) < 4.78 is 12.9. The van der Waals surface area contributed by atoms with Gasteiger partial charge in [0.2, 0.25) is 0 Å². The molecule has 0 bridgehead atoms. The fourth-order valence-corrected chi connectivity index (χ4v) is 4.13. The van der Waals surface area contributed by atoms with Crippen LogP contribution in [0.2, 0.25) is 0 Å². The van der Waals surface area contributed by atoms with Gasteiger partial charge >= 0.3 is 0 Å². The van der Waals surface area contributed by atoms with Crippen molar-refractivity contribution in [3.63, 3.8) is 0 Å². The Morgan fingerprint density at radius 3 is 2.47 bits per heavy atom. The number of hydrogen-bond acceptors (Lipinski definition) is 6. The van der Waals surface area contributed by atoms with E-state index in [1.165, 1.54) is 4.57 Å². The zero-order chi connectivity index (χ0) is 20.7. The van der Waals surface area contributed by atoms with Gasteiger partial charge < -0.3 is 14.4 Å². The second-order valence-corrected chi connectivity index (χ2v) is 7.65. The predicted molar refractivity (Wildman–Crippen MR) is 110 cm³/mol. The lowest BCUT2D eigenvalue weighted by atomic mass is 10.0. The Balaban J connectivity index is 1.37. The summed E-state index contributed by atoms with van der Waals surface area (Å²) in [4.78, 5) is 36.2. The van der Waals surface area contributed by atoms with Gasteiger partial charge in [-0.3, -0.25) is 14.2 Å². The highest BCUT2D eigenvalue weighted by Gasteiger charge is 2.40. The molecular weight excluding hydrogens is 384 g/mol. The quantitative estimate of drug-likeness (QED) is 0.647. The van der Waals surface area contributed by atoms with Crippen LogP contribution in [0.5, 0.6) is 0 Å². The van der Waals surface area contributed by atoms with E-state index >= 15 is 0 Å². The van der Waals surface area contributed by atoms with Crippen LogP contribution in [0.25, 0.3) is 22.4 Å². The number of carbonyl (C=O) groups excluding carboxylic acids is 1. The van der Waals surface area contributed by atoms with Crippen molar-refractivity contribution >= 4 is 17.1 Å². The lowest BCUT2D eigenvalue weighted by Gasteiger charge is -2.37. The number of likely N-dealkylation sites (tertiary alicyclic amines) is 1. The van der Waals surface area contributed by atoms with Crippen LogP contribution in [0.1, 0.15) is 23.2 Å². The predicted octanol–water partition coefficient (Wildman–Crippen LogP) is 1.97. The third-order valence-electron chi connectivity index (χ3n) is 5.85. The van der Waals surface area contributed by atoms with E-state index in [1.54, 1.807) is 43.6 Å². The van der Waals surface area contributed by atoms with Gasteiger partial charge in [0, 0.05) is 50.3 Å². The third-order valence-corrected chi connectivity index (χ3v) is 5.85. The average molecular weight is 406 g/mol. The van der Waals surface area contributed by atoms with Crippen molar-refractivity contribution in [1.29, 1.82) is 0 Å². The Kier molecular flexibility index (Phi) is 4.60. The Morgan fingerprint density at radius 2 is 1.77 bits per heavy atom. The van der Waals surface area contributed by atoms with Crippen LogP contribution < -0.4 is 5.56 Å². The fraction of sp³-hybridized carbons (Fsp3) is 0.364. The molecule has 154 valence electrons. The number of aromatic nitrogens is 3. The van der Waals surface area contributed by atoms with E-state index in [1.807, 2.05) is 11.0 Å². The summed E-state index contributed by atoms with van der Waals surface area (Å²) in [5.41, 5.74) is 2.56. The molecule has 5 rings (SSSR count). The lowest BCUT2D eigenvalue weighted by Crippen LogP contribution is -2.47. The number of pyridine rings is 1. The van der Waals surface area contributed by atoms with Crippen molar-refractivity contribution in [3.8, 4) is 11.3 Å². The van der Waals surface area contributed by atoms with E-state index in [0.717, 1.165) is 0 Å². The Labute approximate surface area is 173 Å². The molecule has 30 heavy (non-hydrogen) atoms. The molecule has 2 saturated heterocycles. The maximum Gasteiger partial charge on any atom is 0.278 e. The molecule has 0 atom stereocenters. The SMILES string of the molecule is Cn1c(=O)c(-c2ccc(C(=O)N3CCC4(CC3)OCCO4)cc2)nc2cccnc21. The van der Waals surface area contributed by atoms with Gasteiger partial charge in [0.15, 0.2) is 11.4 Å². The highest BCUT2D eigenvalue weighted by Crippen LogP contribution is 2.31. The average Bonchev–Trinajstić information content (AvgIpc) is 3.24. The molecule has 2 fully saturated rings. The van der Waals surface area contributed by atoms with Crippen molar-refractivity contribution in [2.45, 2.75) is 18.6 Å². The topological polar surface area (TPSA) is 86.6 Å². The molecule has 1 aromatic carbocycles. The highest BCUT2D eigenvalue weighted by molar-refractivity contribution is 5.94. The van der Waals surface area contributed by atoms with Crippen LogP contribution in [-0.4, -0.2) is 57.4 Å². The number of ether oxygens (including phenoxy) is 2. The summed E-state index contributed by atoms with van der Waals surface area (Å²) >= 11 is 0. The number of aryl methyl sites for hydroxylation is 1. The van der Waals surface area contributed by atoms with Crippen molar-refractivity contribution in [3.05, 3.63) is 58.5 Å². The number of amides is 1. The number of fused-ring (bicyclic) bond motifs is 1. The first-order valence-corrected chi connectivity index (χ1v) is 10.1. The highest BCUT2D eigenvalue weighted by atomic mass is 16.7. The second-order valence-electron chi connectivity index (χ2n) is 7.65. The fourth-order valence-electron chi connectivity index (χ4n) is 4.13. The van der Waals surface area contributed by atoms with Crippen LogP contribution in [0.4, 0.5) is 0 Å². The maximum atomic E-state index is 12.9. The summed E-state index contributed by atoms with van der Waals surface area (Å²) in [7, 11) is 1.68. The molecule has 0 unspecified atom stereocenters. The molecule has 3 aromatic rings. The normalized spacial score (nSPS) is 18.2. The van der Waals surface area contributed by atoms with E-state index < -0.39 is 5.79 Å². The lowest BCUT2D eigenvalue weighted by molar-refractivity contribution is -0.181. The number of nitrogens with zero attached hydrogens (tertiary/aromatic N) is 4. The van der Waals surface area contributed by atoms with Crippen LogP contribution in [0.15, 0.2) is 47.4 Å². The molecule has 0 N–H and O–H groups in total. The van der Waals surface area contributed by atoms with Crippen molar-refractivity contribution in [2.75, 3.05) is 26.3 Å². The largest absolute Gasteiger partial charge is 0.347 e. The minimum Gasteiger partial charge on any atom is -0.347 e. The van der Waals surface area contributed by atoms with Crippen LogP contribution in [-0.2, 0) is 16.5 Å². The first kappa shape index (κ1) is 18.9. The molecule has 0 aliphatic carbocycles. The minimum atomic E-state index is -0.503. The zero-order valence-electron chi connectivity index (χ0n) is 16.7. The van der Waals surface area contributed by atoms with Crippen molar-refractivity contribution in [1.82, 2.24) is 19.4 Å². The standard InChI is InChI=1S/C22H22N4O4/c1-25-19-17(3-2-10-23-19)24-18(21(25)28)15-4-6-16(7-5-15)20(27)26-11-8-22(9-12-26)29-13-14-30-22/h2-7,10H,8-9,11-14H2,1H3. The molecule has 4 heterocycles. The first-order valence-electron chi connectivity index (χ1n) is 10.1. The molecule has 2 aromatic heterocycles. The van der Waals surface area contributed by atoms with Gasteiger partial charge in [-0.15, -0.1) is 0 Å². The molecule has 1 spiro atoms. The molecule has 2 aliphatic rings. The van der Waals surface area contributed by atoms with Gasteiger partial charge in [0.05, 0.1) is 13.2 Å². The molecular formula is C22H22N4O4. The molecule has 8 heteroatoms. The Morgan fingerprint density at radius 1 is 1.07 bits per heavy atom. The van der Waals surface area contributed by atoms with Crippen LogP contribution >= 0.6 is 0 Å². The van der Waals surface area contributed by atoms with E-state index in [9.17, 15) is 9.59 Å². The van der Waals surface area contributed by atoms with Gasteiger partial charge in [-0.05, 0) is 24.3 Å².